The number of nitrogens with one attached hydrogen (secondary N) is 1. The second-order valence-corrected chi connectivity index (χ2v) is 5.42. The molecule has 112 valence electrons. The zero-order valence-electron chi connectivity index (χ0n) is 12.2. The molecule has 1 fully saturated rings. The molecule has 0 amide bonds. The molecular formula is C14H28N2O3. The predicted octanol–water partition coefficient (Wildman–Crippen LogP) is 1.19. The number of carboxylic acids is 1. The van der Waals surface area contributed by atoms with Gasteiger partial charge in [-0.15, -0.1) is 0 Å². The Bertz CT molecular complexity index is 261. The van der Waals surface area contributed by atoms with Gasteiger partial charge in [0.25, 0.3) is 0 Å². The number of carboxylic acid groups (broad SMARTS) is 1. The molecule has 1 saturated heterocycles. The summed E-state index contributed by atoms with van der Waals surface area (Å²) < 4.78 is 5.71. The van der Waals surface area contributed by atoms with E-state index >= 15 is 0 Å². The van der Waals surface area contributed by atoms with Crippen LogP contribution in [-0.2, 0) is 9.53 Å². The Hall–Kier alpha value is -0.650. The number of morpholine rings is 1. The third kappa shape index (κ3) is 7.50. The van der Waals surface area contributed by atoms with Crippen molar-refractivity contribution >= 4 is 5.97 Å². The van der Waals surface area contributed by atoms with Gasteiger partial charge in [0.1, 0.15) is 0 Å². The zero-order chi connectivity index (χ0) is 14.1. The fourth-order valence-electron chi connectivity index (χ4n) is 2.32. The normalized spacial score (nSPS) is 22.3. The van der Waals surface area contributed by atoms with Crippen LogP contribution in [0.5, 0.6) is 0 Å². The first-order valence-electron chi connectivity index (χ1n) is 7.38. The van der Waals surface area contributed by atoms with Gasteiger partial charge in [0.2, 0.25) is 0 Å². The van der Waals surface area contributed by atoms with Crippen LogP contribution in [-0.4, -0.2) is 61.4 Å². The molecule has 0 spiro atoms. The topological polar surface area (TPSA) is 61.8 Å². The lowest BCUT2D eigenvalue weighted by Gasteiger charge is -2.32. The molecule has 1 aliphatic heterocycles. The Morgan fingerprint density at radius 2 is 2.32 bits per heavy atom. The van der Waals surface area contributed by atoms with Crippen molar-refractivity contribution in [2.45, 2.75) is 39.2 Å². The number of ether oxygens (including phenoxy) is 1. The summed E-state index contributed by atoms with van der Waals surface area (Å²) in [6, 6.07) is 0. The van der Waals surface area contributed by atoms with Crippen LogP contribution in [0.3, 0.4) is 0 Å². The van der Waals surface area contributed by atoms with Crippen molar-refractivity contribution in [3.63, 3.8) is 0 Å². The molecule has 0 aliphatic carbocycles. The summed E-state index contributed by atoms with van der Waals surface area (Å²) in [5.74, 6) is -0.238. The van der Waals surface area contributed by atoms with Crippen LogP contribution in [0.15, 0.2) is 0 Å². The van der Waals surface area contributed by atoms with E-state index in [4.69, 9.17) is 9.84 Å². The highest BCUT2D eigenvalue weighted by Crippen LogP contribution is 2.09. The van der Waals surface area contributed by atoms with Crippen LogP contribution < -0.4 is 5.32 Å². The Morgan fingerprint density at radius 3 is 3.00 bits per heavy atom. The van der Waals surface area contributed by atoms with Crippen molar-refractivity contribution < 1.29 is 14.6 Å². The zero-order valence-corrected chi connectivity index (χ0v) is 12.2. The SMILES string of the molecule is CCN1CCOC(CNCCC(C)CCC(=O)O)C1. The van der Waals surface area contributed by atoms with Gasteiger partial charge < -0.3 is 15.2 Å². The number of aliphatic carboxylic acids is 1. The molecule has 2 N–H and O–H groups in total. The van der Waals surface area contributed by atoms with Crippen LogP contribution in [0.4, 0.5) is 0 Å². The average molecular weight is 272 g/mol. The molecule has 0 radical (unpaired) electrons. The molecule has 0 bridgehead atoms. The molecule has 0 aromatic rings. The summed E-state index contributed by atoms with van der Waals surface area (Å²) in [4.78, 5) is 12.9. The average Bonchev–Trinajstić information content (AvgIpc) is 2.41. The number of hydrogen-bond acceptors (Lipinski definition) is 4. The van der Waals surface area contributed by atoms with Crippen LogP contribution in [0, 0.1) is 5.92 Å². The smallest absolute Gasteiger partial charge is 0.303 e. The first-order valence-corrected chi connectivity index (χ1v) is 7.38. The molecule has 0 aromatic carbocycles. The van der Waals surface area contributed by atoms with Crippen LogP contribution in [0.25, 0.3) is 0 Å². The molecular weight excluding hydrogens is 244 g/mol. The number of likely N-dealkylation sites (N-methyl/N-ethyl adjacent to an activating group) is 1. The van der Waals surface area contributed by atoms with Gasteiger partial charge in [-0.25, -0.2) is 0 Å². The standard InChI is InChI=1S/C14H28N2O3/c1-3-16-8-9-19-13(11-16)10-15-7-6-12(2)4-5-14(17)18/h12-13,15H,3-11H2,1-2H3,(H,17,18). The molecule has 0 saturated carbocycles. The number of rotatable bonds is 9. The van der Waals surface area contributed by atoms with Crippen molar-refractivity contribution in [3.05, 3.63) is 0 Å². The quantitative estimate of drug-likeness (QED) is 0.617. The highest BCUT2D eigenvalue weighted by atomic mass is 16.5. The van der Waals surface area contributed by atoms with Crippen molar-refractivity contribution in [1.82, 2.24) is 10.2 Å². The maximum absolute atomic E-state index is 10.5. The number of hydrogen-bond donors (Lipinski definition) is 2. The summed E-state index contributed by atoms with van der Waals surface area (Å²) >= 11 is 0. The van der Waals surface area contributed by atoms with Crippen LogP contribution in [0.2, 0.25) is 0 Å². The lowest BCUT2D eigenvalue weighted by Crippen LogP contribution is -2.46. The molecule has 1 heterocycles. The van der Waals surface area contributed by atoms with E-state index in [1.54, 1.807) is 0 Å². The Balaban J connectivity index is 2.02. The van der Waals surface area contributed by atoms with E-state index in [0.717, 1.165) is 52.2 Å². The molecule has 2 atom stereocenters. The molecule has 5 heteroatoms. The Kier molecular flexibility index (Phi) is 8.02. The van der Waals surface area contributed by atoms with Gasteiger partial charge in [-0.05, 0) is 31.8 Å². The van der Waals surface area contributed by atoms with Gasteiger partial charge in [0.05, 0.1) is 12.7 Å². The van der Waals surface area contributed by atoms with E-state index < -0.39 is 5.97 Å². The molecule has 0 aromatic heterocycles. The molecule has 5 nitrogen and oxygen atoms in total. The van der Waals surface area contributed by atoms with Gasteiger partial charge in [-0.2, -0.15) is 0 Å². The number of carbonyl (C=O) groups is 1. The lowest BCUT2D eigenvalue weighted by atomic mass is 10.0. The van der Waals surface area contributed by atoms with E-state index in [9.17, 15) is 4.79 Å². The second kappa shape index (κ2) is 9.28. The van der Waals surface area contributed by atoms with Gasteiger partial charge in [0.15, 0.2) is 0 Å². The predicted molar refractivity (Wildman–Crippen MR) is 75.4 cm³/mol. The van der Waals surface area contributed by atoms with Crippen LogP contribution in [0.1, 0.15) is 33.1 Å². The highest BCUT2D eigenvalue weighted by Gasteiger charge is 2.18. The maximum Gasteiger partial charge on any atom is 0.303 e. The van der Waals surface area contributed by atoms with Gasteiger partial charge in [0, 0.05) is 26.1 Å². The van der Waals surface area contributed by atoms with Gasteiger partial charge in [-0.1, -0.05) is 13.8 Å². The molecule has 2 unspecified atom stereocenters. The van der Waals surface area contributed by atoms with Crippen molar-refractivity contribution in [2.75, 3.05) is 39.3 Å². The Morgan fingerprint density at radius 1 is 1.53 bits per heavy atom. The summed E-state index contributed by atoms with van der Waals surface area (Å²) in [5, 5.41) is 12.0. The van der Waals surface area contributed by atoms with E-state index in [0.29, 0.717) is 12.0 Å². The van der Waals surface area contributed by atoms with Crippen LogP contribution >= 0.6 is 0 Å². The van der Waals surface area contributed by atoms with E-state index in [-0.39, 0.29) is 6.42 Å². The monoisotopic (exact) mass is 272 g/mol. The van der Waals surface area contributed by atoms with E-state index in [1.165, 1.54) is 0 Å². The van der Waals surface area contributed by atoms with Gasteiger partial charge in [-0.3, -0.25) is 9.69 Å². The largest absolute Gasteiger partial charge is 0.481 e. The third-order valence-electron chi connectivity index (χ3n) is 3.71. The minimum atomic E-state index is -0.699. The first-order chi connectivity index (χ1) is 9.11. The number of nitrogens with zero attached hydrogens (tertiary/aromatic N) is 1. The molecule has 19 heavy (non-hydrogen) atoms. The highest BCUT2D eigenvalue weighted by molar-refractivity contribution is 5.66. The summed E-state index contributed by atoms with van der Waals surface area (Å²) in [7, 11) is 0. The van der Waals surface area contributed by atoms with Crippen molar-refractivity contribution in [1.29, 1.82) is 0 Å². The second-order valence-electron chi connectivity index (χ2n) is 5.42. The van der Waals surface area contributed by atoms with E-state index in [2.05, 4.69) is 24.1 Å². The molecule has 1 rings (SSSR count). The van der Waals surface area contributed by atoms with Crippen molar-refractivity contribution in [3.8, 4) is 0 Å². The maximum atomic E-state index is 10.5. The van der Waals surface area contributed by atoms with E-state index in [1.807, 2.05) is 0 Å². The Labute approximate surface area is 116 Å². The summed E-state index contributed by atoms with van der Waals surface area (Å²) in [6.45, 7) is 10.1. The fraction of sp³-hybridized carbons (Fsp3) is 0.929. The summed E-state index contributed by atoms with van der Waals surface area (Å²) in [5.41, 5.74) is 0. The lowest BCUT2D eigenvalue weighted by molar-refractivity contribution is -0.137. The van der Waals surface area contributed by atoms with Gasteiger partial charge >= 0.3 is 5.97 Å². The van der Waals surface area contributed by atoms with Crippen molar-refractivity contribution in [2.24, 2.45) is 5.92 Å². The third-order valence-corrected chi connectivity index (χ3v) is 3.71. The fourth-order valence-corrected chi connectivity index (χ4v) is 2.32. The molecule has 1 aliphatic rings. The summed E-state index contributed by atoms with van der Waals surface area (Å²) in [6.07, 6.45) is 2.36. The minimum absolute atomic E-state index is 0.276. The minimum Gasteiger partial charge on any atom is -0.481 e. The first kappa shape index (κ1) is 16.4.